The largest absolute Gasteiger partial charge is 0.500 e. The molecule has 0 unspecified atom stereocenters. The van der Waals surface area contributed by atoms with Crippen LogP contribution in [-0.2, 0) is 26.5 Å². The predicted molar refractivity (Wildman–Crippen MR) is 181 cm³/mol. The van der Waals surface area contributed by atoms with Crippen LogP contribution < -0.4 is 5.19 Å². The molecule has 7 aromatic rings. The van der Waals surface area contributed by atoms with Gasteiger partial charge in [-0.15, -0.1) is 59.2 Å². The van der Waals surface area contributed by atoms with E-state index in [2.05, 4.69) is 47.8 Å². The van der Waals surface area contributed by atoms with Gasteiger partial charge in [-0.25, -0.2) is 4.39 Å². The molecule has 1 radical (unpaired) electrons. The molecule has 6 heteroatoms. The summed E-state index contributed by atoms with van der Waals surface area (Å²) in [4.78, 5) is 8.69. The van der Waals surface area contributed by atoms with Crippen molar-refractivity contribution >= 4 is 35.2 Å². The average molecular weight is 790 g/mol. The topological polar surface area (TPSA) is 38.9 Å². The number of furan rings is 1. The quantitative estimate of drug-likeness (QED) is 0.129. The molecule has 3 heterocycles. The van der Waals surface area contributed by atoms with Crippen molar-refractivity contribution in [2.45, 2.75) is 32.9 Å². The molecule has 0 saturated heterocycles. The fourth-order valence-corrected chi connectivity index (χ4v) is 5.87. The minimum absolute atomic E-state index is 0. The number of aromatic nitrogens is 2. The SMILES string of the molecule is [2H]C([2H])([2H])c1c[c-]c(-c2ccc([Si](C)(C)C)cn2)cc1.[2H]C([2H])(c1ccccc1)c1cccc2oc3c[c-]c(-c4cc(F)ccn4)cc3c12.[Ir]. The van der Waals surface area contributed by atoms with Gasteiger partial charge in [0.1, 0.15) is 11.4 Å². The maximum Gasteiger partial charge on any atom is 0.121 e. The summed E-state index contributed by atoms with van der Waals surface area (Å²) in [6.45, 7) is 4.76. The van der Waals surface area contributed by atoms with Crippen LogP contribution >= 0.6 is 0 Å². The van der Waals surface area contributed by atoms with E-state index in [-0.39, 0.29) is 25.9 Å². The number of benzene rings is 4. The Morgan fingerprint density at radius 3 is 2.33 bits per heavy atom. The van der Waals surface area contributed by atoms with Crippen LogP contribution in [0.5, 0.6) is 0 Å². The van der Waals surface area contributed by atoms with E-state index in [9.17, 15) is 4.39 Å². The zero-order chi connectivity index (χ0) is 35.0. The van der Waals surface area contributed by atoms with Gasteiger partial charge in [-0.1, -0.05) is 86.5 Å². The van der Waals surface area contributed by atoms with E-state index < -0.39 is 21.3 Å². The first-order valence-electron chi connectivity index (χ1n) is 16.8. The Morgan fingerprint density at radius 1 is 0.822 bits per heavy atom. The molecule has 0 amide bonds. The van der Waals surface area contributed by atoms with E-state index >= 15 is 0 Å². The zero-order valence-electron chi connectivity index (χ0n) is 30.0. The molecule has 4 aromatic carbocycles. The molecule has 0 fully saturated rings. The third-order valence-electron chi connectivity index (χ3n) is 7.20. The van der Waals surface area contributed by atoms with Crippen molar-refractivity contribution in [1.29, 1.82) is 0 Å². The number of hydrogen-bond acceptors (Lipinski definition) is 3. The molecule has 45 heavy (non-hydrogen) atoms. The number of hydrogen-bond donors (Lipinski definition) is 0. The number of rotatable bonds is 5. The molecule has 0 aliphatic carbocycles. The summed E-state index contributed by atoms with van der Waals surface area (Å²) in [6.07, 6.45) is 1.62. The monoisotopic (exact) mass is 790 g/mol. The molecule has 0 aliphatic rings. The molecule has 0 atom stereocenters. The second kappa shape index (κ2) is 13.8. The van der Waals surface area contributed by atoms with Crippen LogP contribution in [0.25, 0.3) is 44.5 Å². The minimum Gasteiger partial charge on any atom is -0.500 e. The van der Waals surface area contributed by atoms with Gasteiger partial charge in [-0.05, 0) is 52.3 Å². The van der Waals surface area contributed by atoms with Crippen molar-refractivity contribution < 1.29 is 35.8 Å². The zero-order valence-corrected chi connectivity index (χ0v) is 28.4. The van der Waals surface area contributed by atoms with Gasteiger partial charge in [0.05, 0.1) is 13.7 Å². The molecular weight excluding hydrogens is 752 g/mol. The van der Waals surface area contributed by atoms with Gasteiger partial charge in [0.25, 0.3) is 0 Å². The molecule has 3 aromatic heterocycles. The predicted octanol–water partition coefficient (Wildman–Crippen LogP) is 9.58. The third kappa shape index (κ3) is 7.54. The first-order chi connectivity index (χ1) is 23.2. The molecule has 0 aliphatic heterocycles. The van der Waals surface area contributed by atoms with E-state index in [0.717, 1.165) is 16.6 Å². The van der Waals surface area contributed by atoms with Crippen molar-refractivity contribution in [1.82, 2.24) is 9.97 Å². The van der Waals surface area contributed by atoms with Gasteiger partial charge >= 0.3 is 0 Å². The van der Waals surface area contributed by atoms with E-state index in [0.29, 0.717) is 44.5 Å². The van der Waals surface area contributed by atoms with Crippen LogP contribution in [0, 0.1) is 24.8 Å². The van der Waals surface area contributed by atoms with Gasteiger partial charge < -0.3 is 14.4 Å². The summed E-state index contributed by atoms with van der Waals surface area (Å²) in [5, 5.41) is 2.75. The Balaban J connectivity index is 0.000000204. The van der Waals surface area contributed by atoms with Crippen LogP contribution in [0.3, 0.4) is 0 Å². The van der Waals surface area contributed by atoms with Crippen molar-refractivity contribution in [2.24, 2.45) is 0 Å². The van der Waals surface area contributed by atoms with Crippen LogP contribution in [0.1, 0.15) is 23.5 Å². The Morgan fingerprint density at radius 2 is 1.64 bits per heavy atom. The number of aryl methyl sites for hydroxylation is 1. The number of halogens is 1. The summed E-state index contributed by atoms with van der Waals surface area (Å²) < 4.78 is 59.2. The Kier molecular flexibility index (Phi) is 8.00. The van der Waals surface area contributed by atoms with Gasteiger partial charge in [-0.3, -0.25) is 0 Å². The van der Waals surface area contributed by atoms with Gasteiger partial charge in [0.2, 0.25) is 0 Å². The fraction of sp³-hybridized carbons (Fsp3) is 0.128. The fourth-order valence-electron chi connectivity index (χ4n) is 4.83. The Bertz CT molecular complexity index is 2180. The number of pyridine rings is 2. The third-order valence-corrected chi connectivity index (χ3v) is 9.23. The molecule has 0 spiro atoms. The summed E-state index contributed by atoms with van der Waals surface area (Å²) in [7, 11) is -1.34. The maximum atomic E-state index is 13.6. The molecule has 0 bridgehead atoms. The average Bonchev–Trinajstić information content (AvgIpc) is 3.46. The summed E-state index contributed by atoms with van der Waals surface area (Å²) in [5.41, 5.74) is 5.30. The molecule has 7 rings (SSSR count). The van der Waals surface area contributed by atoms with E-state index in [4.69, 9.17) is 11.3 Å². The van der Waals surface area contributed by atoms with E-state index in [1.807, 2.05) is 42.6 Å². The summed E-state index contributed by atoms with van der Waals surface area (Å²) in [5.74, 6) is -0.373. The Labute approximate surface area is 285 Å². The molecule has 3 nitrogen and oxygen atoms in total. The second-order valence-electron chi connectivity index (χ2n) is 11.4. The number of fused-ring (bicyclic) bond motifs is 3. The van der Waals surface area contributed by atoms with Crippen molar-refractivity contribution in [3.8, 4) is 22.5 Å². The smallest absolute Gasteiger partial charge is 0.121 e. The summed E-state index contributed by atoms with van der Waals surface area (Å²) in [6, 6.07) is 35.7. The van der Waals surface area contributed by atoms with Crippen molar-refractivity contribution in [3.63, 3.8) is 0 Å². The van der Waals surface area contributed by atoms with Gasteiger partial charge in [-0.2, -0.15) is 0 Å². The normalized spacial score (nSPS) is 13.4. The Hall–Kier alpha value is -4.22. The van der Waals surface area contributed by atoms with Crippen LogP contribution in [0.4, 0.5) is 4.39 Å². The summed E-state index contributed by atoms with van der Waals surface area (Å²) >= 11 is 0. The van der Waals surface area contributed by atoms with Crippen LogP contribution in [0.2, 0.25) is 19.6 Å². The van der Waals surface area contributed by atoms with Crippen LogP contribution in [0.15, 0.2) is 120 Å². The van der Waals surface area contributed by atoms with E-state index in [1.54, 1.807) is 42.5 Å². The molecule has 0 saturated carbocycles. The van der Waals surface area contributed by atoms with Gasteiger partial charge in [0, 0.05) is 44.7 Å². The van der Waals surface area contributed by atoms with E-state index in [1.165, 1.54) is 29.6 Å². The standard InChI is InChI=1S/C24H15FNO.C15H18NSi.Ir/c25-19-11-12-26-21(15-19)17-9-10-22-20(14-17)24-18(7-4-8-23(24)27-22)13-16-5-2-1-3-6-16;1-12-5-7-13(8-6-12)15-10-9-14(11-16-15)17(2,3)4;/h1-8,10-12,14-15H,13H2;5-7,9-11H,1-4H3;/q2*-1;/i13D2;1D3;. The van der Waals surface area contributed by atoms with Crippen molar-refractivity contribution in [3.05, 3.63) is 150 Å². The molecule has 0 N–H and O–H groups in total. The van der Waals surface area contributed by atoms with Crippen molar-refractivity contribution in [2.75, 3.05) is 0 Å². The second-order valence-corrected chi connectivity index (χ2v) is 16.5. The maximum absolute atomic E-state index is 13.6. The first-order valence-corrected chi connectivity index (χ1v) is 17.8. The van der Waals surface area contributed by atoms with Gasteiger partial charge in [0.15, 0.2) is 0 Å². The molecule has 227 valence electrons. The first kappa shape index (κ1) is 26.0. The van der Waals surface area contributed by atoms with Crippen LogP contribution in [-0.4, -0.2) is 18.0 Å². The minimum atomic E-state index is -2.08. The number of nitrogens with zero attached hydrogens (tertiary/aromatic N) is 2. The molecular formula is C39H33FIrN2OSi-2.